The molecule has 9 heavy (non-hydrogen) atoms. The second-order valence-corrected chi connectivity index (χ2v) is 4.66. The summed E-state index contributed by atoms with van der Waals surface area (Å²) in [4.78, 5) is 0. The van der Waals surface area contributed by atoms with Gasteiger partial charge in [-0.15, -0.1) is 21.6 Å². The summed E-state index contributed by atoms with van der Waals surface area (Å²) in [5.41, 5.74) is 0. The molecule has 0 rings (SSSR count). The molecular formula is C7H18ClP. The zero-order chi connectivity index (χ0) is 6.62. The van der Waals surface area contributed by atoms with Crippen LogP contribution in [0.1, 0.15) is 40.0 Å². The van der Waals surface area contributed by atoms with Crippen molar-refractivity contribution in [1.82, 2.24) is 0 Å². The summed E-state index contributed by atoms with van der Waals surface area (Å²) < 4.78 is 0. The molecule has 0 N–H and O–H groups in total. The third kappa shape index (κ3) is 12.0. The standard InChI is InChI=1S/C7H17P.ClH/c1-4-5-6-7(2,3)8;/h4-6,8H2,1-3H3;1H. The van der Waals surface area contributed by atoms with Gasteiger partial charge in [0.25, 0.3) is 0 Å². The molecule has 1 unspecified atom stereocenters. The Balaban J connectivity index is 0. The lowest BCUT2D eigenvalue weighted by Gasteiger charge is -2.16. The predicted octanol–water partition coefficient (Wildman–Crippen LogP) is 3.25. The summed E-state index contributed by atoms with van der Waals surface area (Å²) in [6, 6.07) is 0. The normalized spacial score (nSPS) is 10.7. The van der Waals surface area contributed by atoms with Gasteiger partial charge < -0.3 is 0 Å². The first kappa shape index (κ1) is 12.4. The van der Waals surface area contributed by atoms with E-state index in [1.54, 1.807) is 0 Å². The van der Waals surface area contributed by atoms with Crippen molar-refractivity contribution in [3.8, 4) is 0 Å². The Kier molecular flexibility index (Phi) is 7.58. The lowest BCUT2D eigenvalue weighted by Crippen LogP contribution is -2.07. The summed E-state index contributed by atoms with van der Waals surface area (Å²) in [6.45, 7) is 6.75. The van der Waals surface area contributed by atoms with Crippen molar-refractivity contribution in [3.63, 3.8) is 0 Å². The van der Waals surface area contributed by atoms with Crippen molar-refractivity contribution in [2.24, 2.45) is 0 Å². The summed E-state index contributed by atoms with van der Waals surface area (Å²) in [7, 11) is 2.87. The minimum Gasteiger partial charge on any atom is -0.147 e. The van der Waals surface area contributed by atoms with Crippen LogP contribution in [0.4, 0.5) is 0 Å². The van der Waals surface area contributed by atoms with Crippen LogP contribution < -0.4 is 0 Å². The highest BCUT2D eigenvalue weighted by Crippen LogP contribution is 2.22. The maximum absolute atomic E-state index is 2.87. The summed E-state index contributed by atoms with van der Waals surface area (Å²) >= 11 is 0. The Morgan fingerprint density at radius 3 is 1.89 bits per heavy atom. The molecule has 0 amide bonds. The number of rotatable bonds is 3. The smallest absolute Gasteiger partial charge is 0.0207 e. The van der Waals surface area contributed by atoms with Crippen molar-refractivity contribution in [2.75, 3.05) is 0 Å². The molecule has 1 atom stereocenters. The molecule has 0 heterocycles. The molecule has 0 aromatic rings. The molecular weight excluding hydrogens is 151 g/mol. The van der Waals surface area contributed by atoms with Gasteiger partial charge in [0, 0.05) is 0 Å². The zero-order valence-corrected chi connectivity index (χ0v) is 8.58. The van der Waals surface area contributed by atoms with E-state index in [2.05, 4.69) is 30.0 Å². The van der Waals surface area contributed by atoms with Crippen molar-refractivity contribution >= 4 is 21.6 Å². The maximum Gasteiger partial charge on any atom is -0.0207 e. The van der Waals surface area contributed by atoms with Crippen molar-refractivity contribution in [1.29, 1.82) is 0 Å². The van der Waals surface area contributed by atoms with Crippen LogP contribution in [0.15, 0.2) is 0 Å². The SMILES string of the molecule is CCCCC(C)(C)P.Cl. The van der Waals surface area contributed by atoms with Gasteiger partial charge in [0.1, 0.15) is 0 Å². The number of halogens is 1. The van der Waals surface area contributed by atoms with Gasteiger partial charge in [-0.1, -0.05) is 33.6 Å². The van der Waals surface area contributed by atoms with Crippen LogP contribution in [0.3, 0.4) is 0 Å². The molecule has 0 radical (unpaired) electrons. The summed E-state index contributed by atoms with van der Waals surface area (Å²) in [6.07, 6.45) is 4.00. The van der Waals surface area contributed by atoms with Crippen LogP contribution in [-0.4, -0.2) is 5.16 Å². The van der Waals surface area contributed by atoms with Crippen LogP contribution in [0.2, 0.25) is 0 Å². The third-order valence-corrected chi connectivity index (χ3v) is 1.46. The van der Waals surface area contributed by atoms with Crippen molar-refractivity contribution in [2.45, 2.75) is 45.2 Å². The van der Waals surface area contributed by atoms with E-state index in [0.717, 1.165) is 0 Å². The first-order valence-corrected chi connectivity index (χ1v) is 3.93. The molecule has 0 saturated heterocycles. The second-order valence-electron chi connectivity index (χ2n) is 3.09. The first-order chi connectivity index (χ1) is 3.56. The zero-order valence-electron chi connectivity index (χ0n) is 6.61. The molecule has 0 bridgehead atoms. The van der Waals surface area contributed by atoms with Gasteiger partial charge in [0.15, 0.2) is 0 Å². The monoisotopic (exact) mass is 168 g/mol. The van der Waals surface area contributed by atoms with Crippen molar-refractivity contribution < 1.29 is 0 Å². The Bertz CT molecular complexity index is 56.4. The van der Waals surface area contributed by atoms with Crippen LogP contribution in [0.5, 0.6) is 0 Å². The molecule has 0 aliphatic heterocycles. The highest BCUT2D eigenvalue weighted by molar-refractivity contribution is 7.18. The molecule has 0 aliphatic rings. The van der Waals surface area contributed by atoms with Crippen molar-refractivity contribution in [3.05, 3.63) is 0 Å². The average Bonchev–Trinajstić information content (AvgIpc) is 1.59. The number of hydrogen-bond acceptors (Lipinski definition) is 0. The highest BCUT2D eigenvalue weighted by atomic mass is 35.5. The van der Waals surface area contributed by atoms with E-state index in [0.29, 0.717) is 5.16 Å². The third-order valence-electron chi connectivity index (χ3n) is 1.17. The van der Waals surface area contributed by atoms with Crippen LogP contribution in [0, 0.1) is 0 Å². The van der Waals surface area contributed by atoms with E-state index < -0.39 is 0 Å². The molecule has 0 fully saturated rings. The molecule has 2 heteroatoms. The fraction of sp³-hybridized carbons (Fsp3) is 1.00. The van der Waals surface area contributed by atoms with E-state index in [4.69, 9.17) is 0 Å². The number of hydrogen-bond donors (Lipinski definition) is 0. The van der Waals surface area contributed by atoms with Gasteiger partial charge in [-0.25, -0.2) is 0 Å². The fourth-order valence-corrected chi connectivity index (χ4v) is 0.837. The lowest BCUT2D eigenvalue weighted by molar-refractivity contribution is 0.593. The summed E-state index contributed by atoms with van der Waals surface area (Å²) in [5, 5.41) is 0.468. The minimum atomic E-state index is 0. The quantitative estimate of drug-likeness (QED) is 0.568. The Morgan fingerprint density at radius 1 is 1.33 bits per heavy atom. The predicted molar refractivity (Wildman–Crippen MR) is 50.6 cm³/mol. The molecule has 0 aromatic heterocycles. The maximum atomic E-state index is 2.87. The molecule has 0 spiro atoms. The van der Waals surface area contributed by atoms with Gasteiger partial charge in [0.05, 0.1) is 0 Å². The van der Waals surface area contributed by atoms with Crippen LogP contribution in [-0.2, 0) is 0 Å². The van der Waals surface area contributed by atoms with Gasteiger partial charge >= 0.3 is 0 Å². The van der Waals surface area contributed by atoms with E-state index >= 15 is 0 Å². The average molecular weight is 169 g/mol. The first-order valence-electron chi connectivity index (χ1n) is 3.35. The minimum absolute atomic E-state index is 0. The van der Waals surface area contributed by atoms with E-state index in [9.17, 15) is 0 Å². The Labute approximate surface area is 67.4 Å². The molecule has 0 nitrogen and oxygen atoms in total. The molecule has 58 valence electrons. The van der Waals surface area contributed by atoms with Gasteiger partial charge in [-0.05, 0) is 11.6 Å². The van der Waals surface area contributed by atoms with Crippen LogP contribution >= 0.6 is 21.6 Å². The lowest BCUT2D eigenvalue weighted by atomic mass is 10.1. The topological polar surface area (TPSA) is 0 Å². The summed E-state index contributed by atoms with van der Waals surface area (Å²) in [5.74, 6) is 0. The molecule has 0 aromatic carbocycles. The highest BCUT2D eigenvalue weighted by Gasteiger charge is 2.07. The second kappa shape index (κ2) is 5.50. The largest absolute Gasteiger partial charge is 0.147 e. The van der Waals surface area contributed by atoms with Gasteiger partial charge in [0.2, 0.25) is 0 Å². The van der Waals surface area contributed by atoms with E-state index in [1.165, 1.54) is 19.3 Å². The van der Waals surface area contributed by atoms with Gasteiger partial charge in [-0.3, -0.25) is 0 Å². The van der Waals surface area contributed by atoms with Crippen LogP contribution in [0.25, 0.3) is 0 Å². The van der Waals surface area contributed by atoms with E-state index in [-0.39, 0.29) is 12.4 Å². The Morgan fingerprint density at radius 2 is 1.78 bits per heavy atom. The molecule has 0 saturated carbocycles. The van der Waals surface area contributed by atoms with E-state index in [1.807, 2.05) is 0 Å². The number of unbranched alkanes of at least 4 members (excludes halogenated alkanes) is 1. The van der Waals surface area contributed by atoms with Gasteiger partial charge in [-0.2, -0.15) is 0 Å². The molecule has 0 aliphatic carbocycles. The Hall–Kier alpha value is 0.720. The fourth-order valence-electron chi connectivity index (χ4n) is 0.632.